The van der Waals surface area contributed by atoms with Crippen LogP contribution < -0.4 is 5.32 Å². The van der Waals surface area contributed by atoms with Crippen LogP contribution in [0.3, 0.4) is 0 Å². The minimum absolute atomic E-state index is 0.159. The third kappa shape index (κ3) is 2.40. The highest BCUT2D eigenvalue weighted by molar-refractivity contribution is 5.45. The number of hydrogen-bond acceptors (Lipinski definition) is 3. The number of rotatable bonds is 2. The molecule has 1 heterocycles. The molecule has 0 amide bonds. The number of nitrogens with one attached hydrogen (secondary N) is 1. The van der Waals surface area contributed by atoms with E-state index >= 15 is 0 Å². The van der Waals surface area contributed by atoms with Crippen molar-refractivity contribution in [2.45, 2.75) is 49.9 Å². The SMILES string of the molecule is O[C@]12CCCCC1OCCC2Nc1ccc(F)c(F)c1. The maximum Gasteiger partial charge on any atom is 0.160 e. The molecule has 0 radical (unpaired) electrons. The molecule has 1 aliphatic carbocycles. The zero-order valence-electron chi connectivity index (χ0n) is 11.2. The van der Waals surface area contributed by atoms with Crippen molar-refractivity contribution in [3.63, 3.8) is 0 Å². The molecule has 20 heavy (non-hydrogen) atoms. The zero-order valence-corrected chi connectivity index (χ0v) is 11.2. The van der Waals surface area contributed by atoms with Gasteiger partial charge in [-0.2, -0.15) is 0 Å². The first-order chi connectivity index (χ1) is 9.59. The molecule has 1 aromatic carbocycles. The highest BCUT2D eigenvalue weighted by Crippen LogP contribution is 2.38. The number of benzene rings is 1. The number of fused-ring (bicyclic) bond motifs is 1. The standard InChI is InChI=1S/C15H19F2NO2/c16-11-5-4-10(9-12(11)17)18-13-6-8-20-14-3-1-2-7-15(13,14)19/h4-5,9,13-14,18-19H,1-3,6-8H2/t13?,14?,15-/m0/s1. The second kappa shape index (κ2) is 5.30. The van der Waals surface area contributed by atoms with E-state index in [0.717, 1.165) is 31.4 Å². The molecule has 5 heteroatoms. The third-order valence-electron chi connectivity index (χ3n) is 4.44. The summed E-state index contributed by atoms with van der Waals surface area (Å²) in [4.78, 5) is 0. The molecule has 3 atom stereocenters. The van der Waals surface area contributed by atoms with Crippen LogP contribution >= 0.6 is 0 Å². The maximum absolute atomic E-state index is 13.3. The average Bonchev–Trinajstić information content (AvgIpc) is 2.43. The summed E-state index contributed by atoms with van der Waals surface area (Å²) >= 11 is 0. The summed E-state index contributed by atoms with van der Waals surface area (Å²) in [6.07, 6.45) is 4.06. The average molecular weight is 283 g/mol. The van der Waals surface area contributed by atoms with Crippen LogP contribution in [0, 0.1) is 11.6 Å². The number of aliphatic hydroxyl groups is 1. The summed E-state index contributed by atoms with van der Waals surface area (Å²) in [5.41, 5.74) is -0.421. The molecular formula is C15H19F2NO2. The molecule has 110 valence electrons. The van der Waals surface area contributed by atoms with Crippen molar-refractivity contribution in [3.05, 3.63) is 29.8 Å². The van der Waals surface area contributed by atoms with E-state index in [9.17, 15) is 13.9 Å². The van der Waals surface area contributed by atoms with E-state index in [-0.39, 0.29) is 12.1 Å². The molecular weight excluding hydrogens is 264 g/mol. The Balaban J connectivity index is 1.79. The molecule has 2 fully saturated rings. The first kappa shape index (κ1) is 13.8. The molecule has 0 aromatic heterocycles. The van der Waals surface area contributed by atoms with Gasteiger partial charge in [0.1, 0.15) is 5.60 Å². The lowest BCUT2D eigenvalue weighted by atomic mass is 9.74. The van der Waals surface area contributed by atoms with Crippen molar-refractivity contribution in [2.24, 2.45) is 0 Å². The summed E-state index contributed by atoms with van der Waals surface area (Å²) in [7, 11) is 0. The van der Waals surface area contributed by atoms with Gasteiger partial charge in [-0.15, -0.1) is 0 Å². The summed E-state index contributed by atoms with van der Waals surface area (Å²) in [5.74, 6) is -1.74. The molecule has 2 aliphatic rings. The Morgan fingerprint density at radius 3 is 2.85 bits per heavy atom. The third-order valence-corrected chi connectivity index (χ3v) is 4.44. The Bertz CT molecular complexity index is 495. The first-order valence-corrected chi connectivity index (χ1v) is 7.15. The van der Waals surface area contributed by atoms with Gasteiger partial charge in [-0.3, -0.25) is 0 Å². The zero-order chi connectivity index (χ0) is 14.2. The Morgan fingerprint density at radius 1 is 1.20 bits per heavy atom. The Labute approximate surface area is 116 Å². The van der Waals surface area contributed by atoms with Gasteiger partial charge in [-0.25, -0.2) is 8.78 Å². The van der Waals surface area contributed by atoms with Crippen LogP contribution in [-0.2, 0) is 4.74 Å². The molecule has 1 aliphatic heterocycles. The normalized spacial score (nSPS) is 33.5. The number of ether oxygens (including phenoxy) is 1. The monoisotopic (exact) mass is 283 g/mol. The van der Waals surface area contributed by atoms with Crippen LogP contribution in [0.1, 0.15) is 32.1 Å². The highest BCUT2D eigenvalue weighted by Gasteiger charge is 2.48. The summed E-state index contributed by atoms with van der Waals surface area (Å²) < 4.78 is 31.9. The first-order valence-electron chi connectivity index (χ1n) is 7.15. The Kier molecular flexibility index (Phi) is 3.65. The summed E-state index contributed by atoms with van der Waals surface area (Å²) in [6, 6.07) is 3.53. The van der Waals surface area contributed by atoms with Gasteiger partial charge in [-0.1, -0.05) is 12.8 Å². The smallest absolute Gasteiger partial charge is 0.160 e. The predicted octanol–water partition coefficient (Wildman–Crippen LogP) is 2.84. The molecule has 3 rings (SSSR count). The van der Waals surface area contributed by atoms with Crippen LogP contribution in [0.4, 0.5) is 14.5 Å². The van der Waals surface area contributed by atoms with E-state index in [4.69, 9.17) is 4.74 Å². The van der Waals surface area contributed by atoms with Crippen molar-refractivity contribution in [1.29, 1.82) is 0 Å². The highest BCUT2D eigenvalue weighted by atomic mass is 19.2. The van der Waals surface area contributed by atoms with E-state index in [1.807, 2.05) is 0 Å². The van der Waals surface area contributed by atoms with Gasteiger partial charge < -0.3 is 15.2 Å². The van der Waals surface area contributed by atoms with Crippen LogP contribution in [0.5, 0.6) is 0 Å². The van der Waals surface area contributed by atoms with Gasteiger partial charge in [0, 0.05) is 18.4 Å². The van der Waals surface area contributed by atoms with Crippen molar-refractivity contribution in [2.75, 3.05) is 11.9 Å². The number of anilines is 1. The predicted molar refractivity (Wildman–Crippen MR) is 71.5 cm³/mol. The van der Waals surface area contributed by atoms with E-state index < -0.39 is 17.2 Å². The molecule has 0 spiro atoms. The quantitative estimate of drug-likeness (QED) is 0.877. The van der Waals surface area contributed by atoms with Gasteiger partial charge in [0.05, 0.1) is 12.1 Å². The molecule has 0 bridgehead atoms. The van der Waals surface area contributed by atoms with Crippen molar-refractivity contribution in [3.8, 4) is 0 Å². The molecule has 3 nitrogen and oxygen atoms in total. The summed E-state index contributed by atoms with van der Waals surface area (Å²) in [5, 5.41) is 14.0. The maximum atomic E-state index is 13.3. The van der Waals surface area contributed by atoms with E-state index in [1.54, 1.807) is 0 Å². The van der Waals surface area contributed by atoms with Gasteiger partial charge in [0.2, 0.25) is 0 Å². The van der Waals surface area contributed by atoms with E-state index in [2.05, 4.69) is 5.32 Å². The lowest BCUT2D eigenvalue weighted by Crippen LogP contribution is -2.61. The van der Waals surface area contributed by atoms with Crippen LogP contribution in [-0.4, -0.2) is 29.5 Å². The minimum atomic E-state index is -0.915. The second-order valence-electron chi connectivity index (χ2n) is 5.71. The summed E-state index contributed by atoms with van der Waals surface area (Å²) in [6.45, 7) is 0.578. The van der Waals surface area contributed by atoms with Gasteiger partial charge in [-0.05, 0) is 31.4 Å². The Hall–Kier alpha value is -1.20. The second-order valence-corrected chi connectivity index (χ2v) is 5.71. The Morgan fingerprint density at radius 2 is 2.05 bits per heavy atom. The molecule has 2 N–H and O–H groups in total. The van der Waals surface area contributed by atoms with Crippen molar-refractivity contribution < 1.29 is 18.6 Å². The van der Waals surface area contributed by atoms with Gasteiger partial charge >= 0.3 is 0 Å². The van der Waals surface area contributed by atoms with E-state index in [1.165, 1.54) is 6.07 Å². The fourth-order valence-electron chi connectivity index (χ4n) is 3.34. The van der Waals surface area contributed by atoms with Gasteiger partial charge in [0.15, 0.2) is 11.6 Å². The molecule has 1 saturated heterocycles. The number of hydrogen-bond donors (Lipinski definition) is 2. The molecule has 1 saturated carbocycles. The topological polar surface area (TPSA) is 41.5 Å². The molecule has 2 unspecified atom stereocenters. The van der Waals surface area contributed by atoms with Crippen LogP contribution in [0.2, 0.25) is 0 Å². The van der Waals surface area contributed by atoms with Crippen molar-refractivity contribution in [1.82, 2.24) is 0 Å². The lowest BCUT2D eigenvalue weighted by Gasteiger charge is -2.48. The minimum Gasteiger partial charge on any atom is -0.385 e. The van der Waals surface area contributed by atoms with Crippen molar-refractivity contribution >= 4 is 5.69 Å². The van der Waals surface area contributed by atoms with Gasteiger partial charge in [0.25, 0.3) is 0 Å². The lowest BCUT2D eigenvalue weighted by molar-refractivity contribution is -0.169. The molecule has 1 aromatic rings. The fraction of sp³-hybridized carbons (Fsp3) is 0.600. The largest absolute Gasteiger partial charge is 0.385 e. The van der Waals surface area contributed by atoms with Crippen LogP contribution in [0.25, 0.3) is 0 Å². The fourth-order valence-corrected chi connectivity index (χ4v) is 3.34. The van der Waals surface area contributed by atoms with E-state index in [0.29, 0.717) is 25.1 Å². The number of halogens is 2. The van der Waals surface area contributed by atoms with Crippen LogP contribution in [0.15, 0.2) is 18.2 Å².